The zero-order chi connectivity index (χ0) is 19.6. The summed E-state index contributed by atoms with van der Waals surface area (Å²) in [6.07, 6.45) is 2.99. The van der Waals surface area contributed by atoms with Crippen molar-refractivity contribution >= 4 is 5.91 Å². The standard InChI is InChI=1S/C20H26N4O3/c1-4-5-11-27-16-8-6-7-15(12-16)19-22-20(26)17(23-24-19)9-10-18(25)21-13-14(2)3/h4,6-8,12,14H,1,5,9-11,13H2,2-3H3,(H,21,25)(H,22,24,26). The second-order valence-corrected chi connectivity index (χ2v) is 6.60. The number of amides is 1. The van der Waals surface area contributed by atoms with Crippen LogP contribution in [0.2, 0.25) is 0 Å². The Kier molecular flexibility index (Phi) is 7.73. The zero-order valence-corrected chi connectivity index (χ0v) is 15.8. The topological polar surface area (TPSA) is 97.0 Å². The number of carbonyl (C=O) groups excluding carboxylic acids is 1. The highest BCUT2D eigenvalue weighted by Crippen LogP contribution is 2.20. The minimum absolute atomic E-state index is 0.0987. The number of benzene rings is 1. The molecule has 0 saturated heterocycles. The average Bonchev–Trinajstić information content (AvgIpc) is 2.66. The fourth-order valence-corrected chi connectivity index (χ4v) is 2.29. The van der Waals surface area contributed by atoms with E-state index in [0.29, 0.717) is 36.2 Å². The second-order valence-electron chi connectivity index (χ2n) is 6.60. The van der Waals surface area contributed by atoms with E-state index in [2.05, 4.69) is 27.1 Å². The normalized spacial score (nSPS) is 10.6. The third-order valence-electron chi connectivity index (χ3n) is 3.76. The number of ether oxygens (including phenoxy) is 1. The van der Waals surface area contributed by atoms with E-state index in [1.54, 1.807) is 12.1 Å². The van der Waals surface area contributed by atoms with Crippen LogP contribution in [0.1, 0.15) is 32.4 Å². The van der Waals surface area contributed by atoms with E-state index >= 15 is 0 Å². The van der Waals surface area contributed by atoms with Crippen LogP contribution in [-0.2, 0) is 11.2 Å². The van der Waals surface area contributed by atoms with E-state index in [0.717, 1.165) is 6.42 Å². The van der Waals surface area contributed by atoms with Crippen LogP contribution in [0.3, 0.4) is 0 Å². The fraction of sp³-hybridized carbons (Fsp3) is 0.400. The van der Waals surface area contributed by atoms with Crippen LogP contribution < -0.4 is 15.6 Å². The molecule has 144 valence electrons. The predicted octanol–water partition coefficient (Wildman–Crippen LogP) is 2.49. The largest absolute Gasteiger partial charge is 0.493 e. The number of carbonyl (C=O) groups is 1. The lowest BCUT2D eigenvalue weighted by Gasteiger charge is -2.08. The van der Waals surface area contributed by atoms with E-state index in [-0.39, 0.29) is 30.0 Å². The minimum Gasteiger partial charge on any atom is -0.493 e. The van der Waals surface area contributed by atoms with Gasteiger partial charge in [0, 0.05) is 24.9 Å². The molecule has 2 N–H and O–H groups in total. The van der Waals surface area contributed by atoms with Gasteiger partial charge in [-0.15, -0.1) is 16.8 Å². The van der Waals surface area contributed by atoms with Crippen LogP contribution in [0.15, 0.2) is 41.7 Å². The minimum atomic E-state index is -0.338. The van der Waals surface area contributed by atoms with E-state index < -0.39 is 0 Å². The molecule has 0 aliphatic carbocycles. The molecule has 2 rings (SSSR count). The van der Waals surface area contributed by atoms with Gasteiger partial charge in [0.05, 0.1) is 6.61 Å². The Bertz CT molecular complexity index is 830. The third kappa shape index (κ3) is 6.69. The van der Waals surface area contributed by atoms with Gasteiger partial charge in [0.2, 0.25) is 5.91 Å². The van der Waals surface area contributed by atoms with Gasteiger partial charge in [-0.2, -0.15) is 0 Å². The molecule has 0 saturated carbocycles. The van der Waals surface area contributed by atoms with E-state index in [1.807, 2.05) is 32.0 Å². The molecular weight excluding hydrogens is 344 g/mol. The first-order chi connectivity index (χ1) is 13.0. The maximum atomic E-state index is 12.3. The molecule has 0 radical (unpaired) electrons. The summed E-state index contributed by atoms with van der Waals surface area (Å²) in [5, 5.41) is 10.9. The van der Waals surface area contributed by atoms with Crippen LogP contribution in [0.4, 0.5) is 0 Å². The van der Waals surface area contributed by atoms with E-state index in [9.17, 15) is 9.59 Å². The number of nitrogens with one attached hydrogen (secondary N) is 2. The highest BCUT2D eigenvalue weighted by molar-refractivity contribution is 5.76. The number of H-pyrrole nitrogens is 1. The third-order valence-corrected chi connectivity index (χ3v) is 3.76. The van der Waals surface area contributed by atoms with Crippen molar-refractivity contribution < 1.29 is 9.53 Å². The summed E-state index contributed by atoms with van der Waals surface area (Å²) in [4.78, 5) is 26.8. The van der Waals surface area contributed by atoms with E-state index in [4.69, 9.17) is 4.74 Å². The molecular formula is C20H26N4O3. The lowest BCUT2D eigenvalue weighted by molar-refractivity contribution is -0.121. The molecule has 0 spiro atoms. The summed E-state index contributed by atoms with van der Waals surface area (Å²) in [5.41, 5.74) is 0.614. The first-order valence-corrected chi connectivity index (χ1v) is 9.06. The van der Waals surface area contributed by atoms with Crippen molar-refractivity contribution in [2.24, 2.45) is 5.92 Å². The van der Waals surface area contributed by atoms with E-state index in [1.165, 1.54) is 0 Å². The fourth-order valence-electron chi connectivity index (χ4n) is 2.29. The molecule has 27 heavy (non-hydrogen) atoms. The average molecular weight is 370 g/mol. The number of aromatic nitrogens is 3. The Labute approximate surface area is 158 Å². The predicted molar refractivity (Wildman–Crippen MR) is 105 cm³/mol. The van der Waals surface area contributed by atoms with Crippen molar-refractivity contribution in [3.63, 3.8) is 0 Å². The SMILES string of the molecule is C=CCCOc1cccc(-c2nnc(CCC(=O)NCC(C)C)c(=O)[nH]2)c1. The summed E-state index contributed by atoms with van der Waals surface area (Å²) in [5.74, 6) is 1.33. The Balaban J connectivity index is 2.01. The number of aryl methyl sites for hydroxylation is 1. The monoisotopic (exact) mass is 370 g/mol. The Hall–Kier alpha value is -2.96. The van der Waals surface area contributed by atoms with Gasteiger partial charge >= 0.3 is 0 Å². The molecule has 0 atom stereocenters. The zero-order valence-electron chi connectivity index (χ0n) is 15.8. The highest BCUT2D eigenvalue weighted by atomic mass is 16.5. The summed E-state index contributed by atoms with van der Waals surface area (Å²) in [6.45, 7) is 8.85. The van der Waals surface area contributed by atoms with Crippen LogP contribution in [0, 0.1) is 5.92 Å². The number of rotatable bonds is 10. The summed E-state index contributed by atoms with van der Waals surface area (Å²) >= 11 is 0. The first-order valence-electron chi connectivity index (χ1n) is 9.06. The number of hydrogen-bond acceptors (Lipinski definition) is 5. The summed E-state index contributed by atoms with van der Waals surface area (Å²) in [6, 6.07) is 7.27. The van der Waals surface area contributed by atoms with Gasteiger partial charge in [-0.3, -0.25) is 9.59 Å². The van der Waals surface area contributed by atoms with Crippen LogP contribution in [-0.4, -0.2) is 34.2 Å². The molecule has 0 bridgehead atoms. The summed E-state index contributed by atoms with van der Waals surface area (Å²) < 4.78 is 5.61. The summed E-state index contributed by atoms with van der Waals surface area (Å²) in [7, 11) is 0. The molecule has 2 aromatic rings. The maximum Gasteiger partial charge on any atom is 0.273 e. The molecule has 1 aromatic carbocycles. The first kappa shape index (κ1) is 20.4. The molecule has 1 aromatic heterocycles. The Morgan fingerprint density at radius 2 is 2.19 bits per heavy atom. The molecule has 0 aliphatic heterocycles. The van der Waals surface area contributed by atoms with Crippen LogP contribution >= 0.6 is 0 Å². The van der Waals surface area contributed by atoms with Crippen molar-refractivity contribution in [1.29, 1.82) is 0 Å². The number of aromatic amines is 1. The highest BCUT2D eigenvalue weighted by Gasteiger charge is 2.10. The van der Waals surface area contributed by atoms with Gasteiger partial charge < -0.3 is 15.0 Å². The van der Waals surface area contributed by atoms with Crippen molar-refractivity contribution in [3.8, 4) is 17.1 Å². The number of hydrogen-bond donors (Lipinski definition) is 2. The quantitative estimate of drug-likeness (QED) is 0.495. The van der Waals surface area contributed by atoms with Gasteiger partial charge in [-0.25, -0.2) is 0 Å². The van der Waals surface area contributed by atoms with Crippen molar-refractivity contribution in [2.75, 3.05) is 13.2 Å². The smallest absolute Gasteiger partial charge is 0.273 e. The van der Waals surface area contributed by atoms with Gasteiger partial charge in [-0.05, 0) is 24.5 Å². The molecule has 7 heteroatoms. The van der Waals surface area contributed by atoms with Crippen molar-refractivity contribution in [3.05, 3.63) is 53.0 Å². The Morgan fingerprint density at radius 1 is 1.37 bits per heavy atom. The molecule has 0 unspecified atom stereocenters. The maximum absolute atomic E-state index is 12.3. The van der Waals surface area contributed by atoms with Gasteiger partial charge in [0.1, 0.15) is 11.4 Å². The van der Waals surface area contributed by atoms with Crippen LogP contribution in [0.25, 0.3) is 11.4 Å². The molecule has 7 nitrogen and oxygen atoms in total. The second kappa shape index (κ2) is 10.3. The molecule has 0 fully saturated rings. The molecule has 1 amide bonds. The van der Waals surface area contributed by atoms with Crippen molar-refractivity contribution in [1.82, 2.24) is 20.5 Å². The van der Waals surface area contributed by atoms with Gasteiger partial charge in [0.25, 0.3) is 5.56 Å². The molecule has 0 aliphatic rings. The van der Waals surface area contributed by atoms with Gasteiger partial charge in [0.15, 0.2) is 5.82 Å². The van der Waals surface area contributed by atoms with Crippen molar-refractivity contribution in [2.45, 2.75) is 33.1 Å². The molecule has 1 heterocycles. The number of nitrogens with zero attached hydrogens (tertiary/aromatic N) is 2. The lowest BCUT2D eigenvalue weighted by atomic mass is 10.2. The Morgan fingerprint density at radius 3 is 2.89 bits per heavy atom. The lowest BCUT2D eigenvalue weighted by Crippen LogP contribution is -2.28. The van der Waals surface area contributed by atoms with Crippen LogP contribution in [0.5, 0.6) is 5.75 Å². The van der Waals surface area contributed by atoms with Gasteiger partial charge in [-0.1, -0.05) is 32.1 Å².